The smallest absolute Gasteiger partial charge is 0.339 e. The Kier molecular flexibility index (Phi) is 7.10. The summed E-state index contributed by atoms with van der Waals surface area (Å²) < 4.78 is 43.1. The number of anilines is 1. The van der Waals surface area contributed by atoms with Gasteiger partial charge in [-0.05, 0) is 49.4 Å². The third-order valence-corrected chi connectivity index (χ3v) is 5.46. The van der Waals surface area contributed by atoms with Gasteiger partial charge in [0.2, 0.25) is 0 Å². The molecule has 1 unspecified atom stereocenters. The van der Waals surface area contributed by atoms with Gasteiger partial charge in [-0.2, -0.15) is 0 Å². The molecule has 0 aliphatic rings. The van der Waals surface area contributed by atoms with Gasteiger partial charge in [-0.15, -0.1) is 0 Å². The van der Waals surface area contributed by atoms with E-state index >= 15 is 0 Å². The summed E-state index contributed by atoms with van der Waals surface area (Å²) >= 11 is 0. The maximum atomic E-state index is 13.9. The van der Waals surface area contributed by atoms with Crippen molar-refractivity contribution in [3.63, 3.8) is 0 Å². The molecule has 4 aromatic rings. The van der Waals surface area contributed by atoms with Gasteiger partial charge in [0.15, 0.2) is 17.6 Å². The van der Waals surface area contributed by atoms with E-state index in [0.29, 0.717) is 39.7 Å². The molecule has 0 bridgehead atoms. The Bertz CT molecular complexity index is 1460. The molecule has 36 heavy (non-hydrogen) atoms. The minimum Gasteiger partial charge on any atom is -0.493 e. The fraction of sp³-hybridized carbons (Fsp3) is 0.148. The molecule has 3 aromatic carbocycles. The Morgan fingerprint density at radius 3 is 2.39 bits per heavy atom. The van der Waals surface area contributed by atoms with Crippen molar-refractivity contribution in [2.75, 3.05) is 19.5 Å². The van der Waals surface area contributed by atoms with Crippen molar-refractivity contribution in [3.05, 3.63) is 83.9 Å². The summed E-state index contributed by atoms with van der Waals surface area (Å²) in [5.41, 5.74) is 1.66. The number of benzene rings is 3. The normalized spacial score (nSPS) is 11.6. The Hall–Kier alpha value is -4.53. The lowest BCUT2D eigenvalue weighted by Gasteiger charge is -2.16. The van der Waals surface area contributed by atoms with E-state index in [4.69, 9.17) is 14.2 Å². The molecule has 7 nitrogen and oxygen atoms in total. The minimum absolute atomic E-state index is 0.193. The van der Waals surface area contributed by atoms with Crippen LogP contribution in [-0.2, 0) is 9.53 Å². The molecule has 184 valence electrons. The van der Waals surface area contributed by atoms with E-state index in [-0.39, 0.29) is 11.3 Å². The predicted molar refractivity (Wildman–Crippen MR) is 130 cm³/mol. The molecule has 1 N–H and O–H groups in total. The molecule has 1 atom stereocenters. The molecule has 0 radical (unpaired) electrons. The molecule has 1 aromatic heterocycles. The van der Waals surface area contributed by atoms with Crippen LogP contribution >= 0.6 is 0 Å². The molecule has 1 amide bonds. The highest BCUT2D eigenvalue weighted by molar-refractivity contribution is 6.06. The molecule has 1 heterocycles. The number of carbonyl (C=O) groups excluding carboxylic acids is 2. The first-order valence-corrected chi connectivity index (χ1v) is 10.9. The van der Waals surface area contributed by atoms with Crippen LogP contribution in [-0.4, -0.2) is 37.2 Å². The zero-order valence-electron chi connectivity index (χ0n) is 19.7. The van der Waals surface area contributed by atoms with E-state index in [1.807, 2.05) is 0 Å². The fourth-order valence-corrected chi connectivity index (χ4v) is 3.59. The van der Waals surface area contributed by atoms with Crippen LogP contribution in [0.15, 0.2) is 66.7 Å². The summed E-state index contributed by atoms with van der Waals surface area (Å²) in [6.07, 6.45) is -1.27. The number of rotatable bonds is 7. The number of ether oxygens (including phenoxy) is 3. The van der Waals surface area contributed by atoms with Crippen molar-refractivity contribution in [1.29, 1.82) is 0 Å². The van der Waals surface area contributed by atoms with Crippen LogP contribution in [0.25, 0.3) is 22.2 Å². The second-order valence-corrected chi connectivity index (χ2v) is 7.80. The second kappa shape index (κ2) is 10.4. The third kappa shape index (κ3) is 5.10. The van der Waals surface area contributed by atoms with Gasteiger partial charge in [0.25, 0.3) is 5.91 Å². The van der Waals surface area contributed by atoms with Crippen LogP contribution in [0, 0.1) is 11.6 Å². The Balaban J connectivity index is 1.63. The molecule has 0 aliphatic heterocycles. The fourth-order valence-electron chi connectivity index (χ4n) is 3.59. The van der Waals surface area contributed by atoms with Crippen LogP contribution in [0.2, 0.25) is 0 Å². The lowest BCUT2D eigenvalue weighted by Crippen LogP contribution is -2.30. The number of methoxy groups -OCH3 is 2. The number of pyridine rings is 1. The maximum absolute atomic E-state index is 13.9. The molecule has 0 spiro atoms. The van der Waals surface area contributed by atoms with Crippen LogP contribution in [0.4, 0.5) is 14.5 Å². The van der Waals surface area contributed by atoms with Crippen molar-refractivity contribution in [3.8, 4) is 22.8 Å². The largest absolute Gasteiger partial charge is 0.493 e. The molecule has 9 heteroatoms. The summed E-state index contributed by atoms with van der Waals surface area (Å²) in [6, 6.07) is 16.6. The van der Waals surface area contributed by atoms with Gasteiger partial charge >= 0.3 is 5.97 Å². The Morgan fingerprint density at radius 2 is 1.67 bits per heavy atom. The van der Waals surface area contributed by atoms with Crippen molar-refractivity contribution < 1.29 is 32.6 Å². The van der Waals surface area contributed by atoms with Crippen LogP contribution in [0.1, 0.15) is 17.3 Å². The topological polar surface area (TPSA) is 86.8 Å². The minimum atomic E-state index is -1.27. The first kappa shape index (κ1) is 24.6. The quantitative estimate of drug-likeness (QED) is 0.349. The highest BCUT2D eigenvalue weighted by Gasteiger charge is 2.23. The number of carbonyl (C=O) groups is 2. The van der Waals surface area contributed by atoms with Gasteiger partial charge in [-0.1, -0.05) is 18.2 Å². The van der Waals surface area contributed by atoms with Crippen molar-refractivity contribution in [1.82, 2.24) is 4.98 Å². The summed E-state index contributed by atoms with van der Waals surface area (Å²) in [7, 11) is 3.05. The van der Waals surface area contributed by atoms with Gasteiger partial charge in [0.05, 0.1) is 36.7 Å². The van der Waals surface area contributed by atoms with E-state index < -0.39 is 29.6 Å². The van der Waals surface area contributed by atoms with Crippen LogP contribution in [0.5, 0.6) is 11.5 Å². The Morgan fingerprint density at radius 1 is 0.917 bits per heavy atom. The zero-order chi connectivity index (χ0) is 25.8. The van der Waals surface area contributed by atoms with Crippen molar-refractivity contribution in [2.24, 2.45) is 0 Å². The summed E-state index contributed by atoms with van der Waals surface area (Å²) in [5.74, 6) is -2.22. The highest BCUT2D eigenvalue weighted by atomic mass is 19.1. The molecular formula is C27H22F2N2O5. The van der Waals surface area contributed by atoms with Gasteiger partial charge in [0.1, 0.15) is 11.6 Å². The van der Waals surface area contributed by atoms with E-state index in [1.54, 1.807) is 48.5 Å². The van der Waals surface area contributed by atoms with Gasteiger partial charge < -0.3 is 19.5 Å². The summed E-state index contributed by atoms with van der Waals surface area (Å²) in [5, 5.41) is 2.83. The molecule has 0 saturated carbocycles. The van der Waals surface area contributed by atoms with Crippen molar-refractivity contribution >= 4 is 28.5 Å². The maximum Gasteiger partial charge on any atom is 0.339 e. The standard InChI is InChI=1S/C27H22F2N2O5/c1-15(26(32)31-22-10-9-17(28)13-20(22)29)36-27(33)19-14-23(30-21-7-5-4-6-18(19)21)16-8-11-24(34-2)25(12-16)35-3/h4-15H,1-3H3,(H,31,32). The SMILES string of the molecule is COc1ccc(-c2cc(C(=O)OC(C)C(=O)Nc3ccc(F)cc3F)c3ccccc3n2)cc1OC. The molecular weight excluding hydrogens is 470 g/mol. The van der Waals surface area contributed by atoms with Crippen LogP contribution < -0.4 is 14.8 Å². The molecule has 0 aliphatic carbocycles. The lowest BCUT2D eigenvalue weighted by atomic mass is 10.0. The lowest BCUT2D eigenvalue weighted by molar-refractivity contribution is -0.123. The molecule has 0 saturated heterocycles. The van der Waals surface area contributed by atoms with Crippen LogP contribution in [0.3, 0.4) is 0 Å². The number of fused-ring (bicyclic) bond motifs is 1. The average molecular weight is 492 g/mol. The van der Waals surface area contributed by atoms with Crippen molar-refractivity contribution in [2.45, 2.75) is 13.0 Å². The number of nitrogens with one attached hydrogen (secondary N) is 1. The number of nitrogens with zero attached hydrogens (tertiary/aromatic N) is 1. The van der Waals surface area contributed by atoms with E-state index in [9.17, 15) is 18.4 Å². The molecule has 4 rings (SSSR count). The average Bonchev–Trinajstić information content (AvgIpc) is 2.88. The van der Waals surface area contributed by atoms with Gasteiger partial charge in [-0.3, -0.25) is 4.79 Å². The number of hydrogen-bond donors (Lipinski definition) is 1. The number of para-hydroxylation sites is 1. The Labute approximate surface area is 205 Å². The van der Waals surface area contributed by atoms with Gasteiger partial charge in [0, 0.05) is 17.0 Å². The predicted octanol–water partition coefficient (Wildman–Crippen LogP) is 5.38. The van der Waals surface area contributed by atoms with Gasteiger partial charge in [-0.25, -0.2) is 18.6 Å². The number of halogens is 2. The van der Waals surface area contributed by atoms with E-state index in [0.717, 1.165) is 12.1 Å². The monoisotopic (exact) mass is 492 g/mol. The summed E-state index contributed by atoms with van der Waals surface area (Å²) in [6.45, 7) is 1.35. The van der Waals surface area contributed by atoms with E-state index in [1.165, 1.54) is 21.1 Å². The number of esters is 1. The first-order chi connectivity index (χ1) is 17.3. The highest BCUT2D eigenvalue weighted by Crippen LogP contribution is 2.33. The third-order valence-electron chi connectivity index (χ3n) is 5.46. The van der Waals surface area contributed by atoms with E-state index in [2.05, 4.69) is 10.3 Å². The summed E-state index contributed by atoms with van der Waals surface area (Å²) in [4.78, 5) is 30.3. The number of amides is 1. The number of hydrogen-bond acceptors (Lipinski definition) is 6. The number of aromatic nitrogens is 1. The first-order valence-electron chi connectivity index (χ1n) is 10.9. The zero-order valence-corrected chi connectivity index (χ0v) is 19.7. The second-order valence-electron chi connectivity index (χ2n) is 7.80. The molecule has 0 fully saturated rings.